The van der Waals surface area contributed by atoms with Gasteiger partial charge in [0.25, 0.3) is 5.69 Å². The van der Waals surface area contributed by atoms with E-state index < -0.39 is 4.92 Å². The molecule has 6 heteroatoms. The number of ketones is 1. The minimum absolute atomic E-state index is 0.00332. The molecule has 0 unspecified atom stereocenters. The molecule has 0 saturated carbocycles. The van der Waals surface area contributed by atoms with Gasteiger partial charge in [0.2, 0.25) is 0 Å². The lowest BCUT2D eigenvalue weighted by molar-refractivity contribution is -0.384. The molecule has 0 aliphatic heterocycles. The van der Waals surface area contributed by atoms with Gasteiger partial charge in [-0.15, -0.1) is 0 Å². The third-order valence-corrected chi connectivity index (χ3v) is 4.02. The predicted octanol–water partition coefficient (Wildman–Crippen LogP) is 5.57. The Morgan fingerprint density at radius 2 is 1.92 bits per heavy atom. The van der Waals surface area contributed by atoms with E-state index in [0.29, 0.717) is 12.5 Å². The van der Waals surface area contributed by atoms with Crippen LogP contribution in [0, 0.1) is 16.0 Å². The van der Waals surface area contributed by atoms with Crippen molar-refractivity contribution in [1.29, 1.82) is 0 Å². The first-order chi connectivity index (χ1) is 12.4. The molecule has 2 rings (SSSR count). The Morgan fingerprint density at radius 1 is 1.23 bits per heavy atom. The third-order valence-electron chi connectivity index (χ3n) is 3.70. The Labute approximate surface area is 157 Å². The summed E-state index contributed by atoms with van der Waals surface area (Å²) in [5.41, 5.74) is 0.762. The van der Waals surface area contributed by atoms with E-state index in [1.807, 2.05) is 24.3 Å². The lowest BCUT2D eigenvalue weighted by Crippen LogP contribution is -2.01. The van der Waals surface area contributed by atoms with Crippen LogP contribution in [0.2, 0.25) is 5.02 Å². The molecule has 0 radical (unpaired) electrons. The predicted molar refractivity (Wildman–Crippen MR) is 103 cm³/mol. The molecule has 26 heavy (non-hydrogen) atoms. The van der Waals surface area contributed by atoms with Crippen LogP contribution >= 0.6 is 11.6 Å². The van der Waals surface area contributed by atoms with Gasteiger partial charge in [0.05, 0.1) is 11.5 Å². The van der Waals surface area contributed by atoms with Gasteiger partial charge in [0.1, 0.15) is 10.8 Å². The summed E-state index contributed by atoms with van der Waals surface area (Å²) < 4.78 is 5.65. The van der Waals surface area contributed by atoms with Crippen molar-refractivity contribution in [3.8, 4) is 5.75 Å². The highest BCUT2D eigenvalue weighted by Gasteiger charge is 2.14. The van der Waals surface area contributed by atoms with Crippen molar-refractivity contribution >= 4 is 29.1 Å². The molecule has 5 nitrogen and oxygen atoms in total. The number of nitro groups is 1. The van der Waals surface area contributed by atoms with Gasteiger partial charge in [-0.1, -0.05) is 43.7 Å². The van der Waals surface area contributed by atoms with Crippen LogP contribution in [0.25, 0.3) is 6.08 Å². The number of benzene rings is 2. The standard InChI is InChI=1S/C20H20ClNO4/c1-14(2)11-12-26-17-7-3-15(4-8-17)5-10-20(23)16-6-9-18(21)19(13-16)22(24)25/h3-10,13-14H,11-12H2,1-2H3. The Kier molecular flexibility index (Phi) is 6.92. The van der Waals surface area contributed by atoms with Crippen molar-refractivity contribution in [1.82, 2.24) is 0 Å². The van der Waals surface area contributed by atoms with Gasteiger partial charge in [-0.3, -0.25) is 14.9 Å². The second-order valence-corrected chi connectivity index (χ2v) is 6.63. The van der Waals surface area contributed by atoms with Crippen LogP contribution < -0.4 is 4.74 Å². The first kappa shape index (κ1) is 19.7. The Morgan fingerprint density at radius 3 is 2.54 bits per heavy atom. The van der Waals surface area contributed by atoms with E-state index in [0.717, 1.165) is 17.7 Å². The van der Waals surface area contributed by atoms with Crippen LogP contribution in [0.15, 0.2) is 48.5 Å². The summed E-state index contributed by atoms with van der Waals surface area (Å²) >= 11 is 5.75. The fourth-order valence-electron chi connectivity index (χ4n) is 2.16. The molecule has 0 fully saturated rings. The molecule has 0 N–H and O–H groups in total. The second-order valence-electron chi connectivity index (χ2n) is 6.22. The van der Waals surface area contributed by atoms with E-state index in [9.17, 15) is 14.9 Å². The molecule has 0 atom stereocenters. The molecule has 0 saturated heterocycles. The number of nitro benzene ring substituents is 1. The van der Waals surface area contributed by atoms with Crippen LogP contribution in [-0.4, -0.2) is 17.3 Å². The lowest BCUT2D eigenvalue weighted by atomic mass is 10.1. The van der Waals surface area contributed by atoms with Crippen molar-refractivity contribution in [2.75, 3.05) is 6.61 Å². The topological polar surface area (TPSA) is 69.4 Å². The monoisotopic (exact) mass is 373 g/mol. The number of rotatable bonds is 8. The zero-order chi connectivity index (χ0) is 19.1. The zero-order valence-corrected chi connectivity index (χ0v) is 15.4. The summed E-state index contributed by atoms with van der Waals surface area (Å²) in [6.45, 7) is 4.95. The molecule has 136 valence electrons. The largest absolute Gasteiger partial charge is 0.494 e. The highest BCUT2D eigenvalue weighted by molar-refractivity contribution is 6.32. The fraction of sp³-hybridized carbons (Fsp3) is 0.250. The molecule has 0 heterocycles. The number of nitrogens with zero attached hydrogens (tertiary/aromatic N) is 1. The molecule has 0 aromatic heterocycles. The van der Waals surface area contributed by atoms with Gasteiger partial charge >= 0.3 is 0 Å². The molecule has 0 spiro atoms. The summed E-state index contributed by atoms with van der Waals surface area (Å²) in [6, 6.07) is 11.4. The Balaban J connectivity index is 2.02. The van der Waals surface area contributed by atoms with E-state index in [1.54, 1.807) is 6.08 Å². The summed E-state index contributed by atoms with van der Waals surface area (Å²) in [5.74, 6) is 1.04. The van der Waals surface area contributed by atoms with Gasteiger partial charge < -0.3 is 4.74 Å². The quantitative estimate of drug-likeness (QED) is 0.262. The summed E-state index contributed by atoms with van der Waals surface area (Å²) in [5, 5.41) is 10.9. The molecule has 0 bridgehead atoms. The second kappa shape index (κ2) is 9.15. The maximum absolute atomic E-state index is 12.2. The van der Waals surface area contributed by atoms with Crippen LogP contribution in [0.5, 0.6) is 5.75 Å². The van der Waals surface area contributed by atoms with Crippen LogP contribution in [0.3, 0.4) is 0 Å². The molecule has 2 aromatic carbocycles. The average Bonchev–Trinajstić information content (AvgIpc) is 2.60. The number of halogens is 1. The third kappa shape index (κ3) is 5.70. The van der Waals surface area contributed by atoms with Crippen LogP contribution in [0.1, 0.15) is 36.2 Å². The van der Waals surface area contributed by atoms with E-state index >= 15 is 0 Å². The Bertz CT molecular complexity index is 813. The SMILES string of the molecule is CC(C)CCOc1ccc(C=CC(=O)c2ccc(Cl)c([N+](=O)[O-])c2)cc1. The smallest absolute Gasteiger partial charge is 0.288 e. The number of ether oxygens (including phenoxy) is 1. The zero-order valence-electron chi connectivity index (χ0n) is 14.6. The van der Waals surface area contributed by atoms with Crippen molar-refractivity contribution in [3.05, 3.63) is 74.8 Å². The number of hydrogen-bond donors (Lipinski definition) is 0. The lowest BCUT2D eigenvalue weighted by Gasteiger charge is -2.08. The van der Waals surface area contributed by atoms with E-state index in [1.165, 1.54) is 24.3 Å². The number of carbonyl (C=O) groups is 1. The molecule has 0 aliphatic rings. The van der Waals surface area contributed by atoms with Crippen molar-refractivity contribution in [2.45, 2.75) is 20.3 Å². The Hall–Kier alpha value is -2.66. The molecule has 0 amide bonds. The molecule has 0 aliphatic carbocycles. The molecular formula is C20H20ClNO4. The molecular weight excluding hydrogens is 354 g/mol. The van der Waals surface area contributed by atoms with E-state index in [2.05, 4.69) is 13.8 Å². The average molecular weight is 374 g/mol. The minimum Gasteiger partial charge on any atom is -0.494 e. The summed E-state index contributed by atoms with van der Waals surface area (Å²) in [4.78, 5) is 22.5. The first-order valence-electron chi connectivity index (χ1n) is 8.26. The highest BCUT2D eigenvalue weighted by Crippen LogP contribution is 2.25. The number of hydrogen-bond acceptors (Lipinski definition) is 4. The van der Waals surface area contributed by atoms with Gasteiger partial charge in [-0.25, -0.2) is 0 Å². The van der Waals surface area contributed by atoms with E-state index in [-0.39, 0.29) is 22.1 Å². The van der Waals surface area contributed by atoms with Gasteiger partial charge in [0, 0.05) is 11.6 Å². The summed E-state index contributed by atoms with van der Waals surface area (Å²) in [7, 11) is 0. The summed E-state index contributed by atoms with van der Waals surface area (Å²) in [6.07, 6.45) is 4.02. The normalized spacial score (nSPS) is 11.1. The van der Waals surface area contributed by atoms with Gasteiger partial charge in [-0.05, 0) is 48.2 Å². The van der Waals surface area contributed by atoms with Gasteiger partial charge in [0.15, 0.2) is 5.78 Å². The maximum Gasteiger partial charge on any atom is 0.288 e. The number of allylic oxidation sites excluding steroid dienone is 1. The van der Waals surface area contributed by atoms with Gasteiger partial charge in [-0.2, -0.15) is 0 Å². The van der Waals surface area contributed by atoms with Crippen molar-refractivity contribution in [3.63, 3.8) is 0 Å². The van der Waals surface area contributed by atoms with E-state index in [4.69, 9.17) is 16.3 Å². The number of carbonyl (C=O) groups excluding carboxylic acids is 1. The van der Waals surface area contributed by atoms with Crippen molar-refractivity contribution < 1.29 is 14.5 Å². The molecule has 2 aromatic rings. The fourth-order valence-corrected chi connectivity index (χ4v) is 2.35. The highest BCUT2D eigenvalue weighted by atomic mass is 35.5. The minimum atomic E-state index is -0.610. The van der Waals surface area contributed by atoms with Crippen LogP contribution in [-0.2, 0) is 0 Å². The van der Waals surface area contributed by atoms with Crippen LogP contribution in [0.4, 0.5) is 5.69 Å². The first-order valence-corrected chi connectivity index (χ1v) is 8.64. The maximum atomic E-state index is 12.2. The van der Waals surface area contributed by atoms with Crippen molar-refractivity contribution in [2.24, 2.45) is 5.92 Å².